The molecule has 20 heavy (non-hydrogen) atoms. The molecule has 3 unspecified atom stereocenters. The Hall–Kier alpha value is -0.980. The smallest absolute Gasteiger partial charge is 0.305 e. The largest absolute Gasteiger partial charge is 0.469 e. The van der Waals surface area contributed by atoms with Crippen molar-refractivity contribution in [2.45, 2.75) is 32.3 Å². The number of hydrogen-bond donors (Lipinski definition) is 0. The Bertz CT molecular complexity index is 317. The van der Waals surface area contributed by atoms with Crippen molar-refractivity contribution in [3.63, 3.8) is 0 Å². The van der Waals surface area contributed by atoms with Gasteiger partial charge in [0.2, 0.25) is 0 Å². The van der Waals surface area contributed by atoms with Crippen molar-refractivity contribution in [1.29, 1.82) is 0 Å². The molecule has 1 fully saturated rings. The molecule has 1 rings (SSSR count). The van der Waals surface area contributed by atoms with Crippen LogP contribution in [0.15, 0.2) is 0 Å². The van der Waals surface area contributed by atoms with E-state index in [0.717, 1.165) is 0 Å². The standard InChI is InChI=1S/C14H24O6/c1-10(15)13-8-12(20-9-19-5-4-17-2)6-11(13)7-14(16)18-3/h11-13H,4-9H2,1-3H3. The SMILES string of the molecule is COCCOCOC1CC(CC(=O)OC)C(C(C)=O)C1. The molecule has 0 N–H and O–H groups in total. The molecule has 6 nitrogen and oxygen atoms in total. The molecule has 1 saturated carbocycles. The first-order valence-corrected chi connectivity index (χ1v) is 6.84. The second-order valence-corrected chi connectivity index (χ2v) is 5.04. The van der Waals surface area contributed by atoms with Crippen LogP contribution in [0.25, 0.3) is 0 Å². The van der Waals surface area contributed by atoms with E-state index in [1.54, 1.807) is 14.0 Å². The summed E-state index contributed by atoms with van der Waals surface area (Å²) in [6.45, 7) is 2.75. The maximum atomic E-state index is 11.6. The van der Waals surface area contributed by atoms with Crippen LogP contribution in [0.5, 0.6) is 0 Å². The number of hydrogen-bond acceptors (Lipinski definition) is 6. The maximum Gasteiger partial charge on any atom is 0.305 e. The predicted octanol–water partition coefficient (Wildman–Crippen LogP) is 1.17. The third kappa shape index (κ3) is 5.56. The molecule has 0 bridgehead atoms. The van der Waals surface area contributed by atoms with E-state index in [-0.39, 0.29) is 42.9 Å². The third-order valence-electron chi connectivity index (χ3n) is 3.65. The van der Waals surface area contributed by atoms with Gasteiger partial charge in [-0.15, -0.1) is 0 Å². The molecular formula is C14H24O6. The van der Waals surface area contributed by atoms with Gasteiger partial charge in [-0.3, -0.25) is 9.59 Å². The average molecular weight is 288 g/mol. The van der Waals surface area contributed by atoms with Gasteiger partial charge in [-0.2, -0.15) is 0 Å². The fourth-order valence-corrected chi connectivity index (χ4v) is 2.58. The van der Waals surface area contributed by atoms with Gasteiger partial charge < -0.3 is 18.9 Å². The van der Waals surface area contributed by atoms with Crippen LogP contribution in [0.3, 0.4) is 0 Å². The summed E-state index contributed by atoms with van der Waals surface area (Å²) < 4.78 is 20.4. The summed E-state index contributed by atoms with van der Waals surface area (Å²) in [7, 11) is 2.97. The van der Waals surface area contributed by atoms with Crippen LogP contribution >= 0.6 is 0 Å². The number of carbonyl (C=O) groups is 2. The lowest BCUT2D eigenvalue weighted by atomic mass is 9.90. The minimum Gasteiger partial charge on any atom is -0.469 e. The van der Waals surface area contributed by atoms with Crippen LogP contribution in [0.2, 0.25) is 0 Å². The monoisotopic (exact) mass is 288 g/mol. The fourth-order valence-electron chi connectivity index (χ4n) is 2.58. The van der Waals surface area contributed by atoms with Gasteiger partial charge in [0, 0.05) is 19.4 Å². The molecule has 0 aromatic heterocycles. The van der Waals surface area contributed by atoms with Gasteiger partial charge in [-0.1, -0.05) is 0 Å². The Morgan fingerprint density at radius 2 is 1.90 bits per heavy atom. The molecule has 0 spiro atoms. The Labute approximate surface area is 119 Å². The first-order valence-electron chi connectivity index (χ1n) is 6.84. The van der Waals surface area contributed by atoms with Crippen molar-refractivity contribution in [2.24, 2.45) is 11.8 Å². The van der Waals surface area contributed by atoms with Crippen molar-refractivity contribution in [3.05, 3.63) is 0 Å². The van der Waals surface area contributed by atoms with E-state index in [9.17, 15) is 9.59 Å². The summed E-state index contributed by atoms with van der Waals surface area (Å²) in [4.78, 5) is 23.0. The first-order chi connectivity index (χ1) is 9.58. The number of ether oxygens (including phenoxy) is 4. The lowest BCUT2D eigenvalue weighted by Gasteiger charge is -2.14. The van der Waals surface area contributed by atoms with Crippen LogP contribution in [-0.2, 0) is 28.5 Å². The van der Waals surface area contributed by atoms with Gasteiger partial charge in [0.05, 0.1) is 26.4 Å². The highest BCUT2D eigenvalue weighted by molar-refractivity contribution is 5.80. The van der Waals surface area contributed by atoms with E-state index in [0.29, 0.717) is 26.1 Å². The Kier molecular flexibility index (Phi) is 7.72. The highest BCUT2D eigenvalue weighted by Gasteiger charge is 2.38. The summed E-state index contributed by atoms with van der Waals surface area (Å²) in [6.07, 6.45) is 1.56. The summed E-state index contributed by atoms with van der Waals surface area (Å²) in [6, 6.07) is 0. The topological polar surface area (TPSA) is 71.1 Å². The lowest BCUT2D eigenvalue weighted by Crippen LogP contribution is -2.19. The van der Waals surface area contributed by atoms with Gasteiger partial charge in [-0.05, 0) is 25.7 Å². The zero-order chi connectivity index (χ0) is 15.0. The third-order valence-corrected chi connectivity index (χ3v) is 3.65. The van der Waals surface area contributed by atoms with Gasteiger partial charge in [0.15, 0.2) is 0 Å². The quantitative estimate of drug-likeness (QED) is 0.360. The zero-order valence-electron chi connectivity index (χ0n) is 12.4. The number of rotatable bonds is 9. The van der Waals surface area contributed by atoms with E-state index in [4.69, 9.17) is 14.2 Å². The van der Waals surface area contributed by atoms with E-state index < -0.39 is 0 Å². The Morgan fingerprint density at radius 1 is 1.15 bits per heavy atom. The molecule has 6 heteroatoms. The summed E-state index contributed by atoms with van der Waals surface area (Å²) >= 11 is 0. The van der Waals surface area contributed by atoms with Crippen molar-refractivity contribution >= 4 is 11.8 Å². The molecule has 0 heterocycles. The zero-order valence-corrected chi connectivity index (χ0v) is 12.4. The maximum absolute atomic E-state index is 11.6. The normalized spacial score (nSPS) is 25.6. The summed E-state index contributed by atoms with van der Waals surface area (Å²) in [5.74, 6) is -0.300. The fraction of sp³-hybridized carbons (Fsp3) is 0.857. The van der Waals surface area contributed by atoms with Crippen molar-refractivity contribution in [3.8, 4) is 0 Å². The van der Waals surface area contributed by atoms with Crippen LogP contribution < -0.4 is 0 Å². The number of ketones is 1. The van der Waals surface area contributed by atoms with Crippen molar-refractivity contribution in [2.75, 3.05) is 34.2 Å². The van der Waals surface area contributed by atoms with Crippen LogP contribution in [0.4, 0.5) is 0 Å². The summed E-state index contributed by atoms with van der Waals surface area (Å²) in [5.41, 5.74) is 0. The predicted molar refractivity (Wildman–Crippen MR) is 71.1 cm³/mol. The van der Waals surface area contributed by atoms with E-state index in [2.05, 4.69) is 4.74 Å². The molecule has 1 aliphatic carbocycles. The number of methoxy groups -OCH3 is 2. The van der Waals surface area contributed by atoms with Crippen molar-refractivity contribution in [1.82, 2.24) is 0 Å². The van der Waals surface area contributed by atoms with E-state index >= 15 is 0 Å². The number of esters is 1. The van der Waals surface area contributed by atoms with Gasteiger partial charge in [0.25, 0.3) is 0 Å². The van der Waals surface area contributed by atoms with Crippen molar-refractivity contribution < 1.29 is 28.5 Å². The molecule has 1 aliphatic rings. The highest BCUT2D eigenvalue weighted by atomic mass is 16.7. The molecule has 116 valence electrons. The van der Waals surface area contributed by atoms with Crippen LogP contribution in [0.1, 0.15) is 26.2 Å². The second-order valence-electron chi connectivity index (χ2n) is 5.04. The van der Waals surface area contributed by atoms with Crippen LogP contribution in [0, 0.1) is 11.8 Å². The Morgan fingerprint density at radius 3 is 2.50 bits per heavy atom. The molecule has 0 aliphatic heterocycles. The number of carbonyl (C=O) groups excluding carboxylic acids is 2. The Balaban J connectivity index is 2.36. The second kappa shape index (κ2) is 9.05. The minimum atomic E-state index is -0.279. The molecule has 3 atom stereocenters. The summed E-state index contributed by atoms with van der Waals surface area (Å²) in [5, 5.41) is 0. The molecule has 0 aromatic carbocycles. The van der Waals surface area contributed by atoms with Crippen LogP contribution in [-0.4, -0.2) is 52.1 Å². The average Bonchev–Trinajstić information content (AvgIpc) is 2.81. The first kappa shape index (κ1) is 17.1. The molecule has 0 amide bonds. The minimum absolute atomic E-state index is 0.00363. The van der Waals surface area contributed by atoms with Gasteiger partial charge in [0.1, 0.15) is 12.6 Å². The van der Waals surface area contributed by atoms with E-state index in [1.807, 2.05) is 0 Å². The lowest BCUT2D eigenvalue weighted by molar-refractivity contribution is -0.142. The molecular weight excluding hydrogens is 264 g/mol. The molecule has 0 aromatic rings. The number of Topliss-reactive ketones (excluding diaryl/α,β-unsaturated/α-hetero) is 1. The highest BCUT2D eigenvalue weighted by Crippen LogP contribution is 2.36. The molecule has 0 saturated heterocycles. The van der Waals surface area contributed by atoms with Gasteiger partial charge in [-0.25, -0.2) is 0 Å². The van der Waals surface area contributed by atoms with E-state index in [1.165, 1.54) is 7.11 Å². The van der Waals surface area contributed by atoms with Gasteiger partial charge >= 0.3 is 5.97 Å². The molecule has 0 radical (unpaired) electrons.